The van der Waals surface area contributed by atoms with Gasteiger partial charge >= 0.3 is 0 Å². The van der Waals surface area contributed by atoms with Crippen LogP contribution in [0.3, 0.4) is 0 Å². The zero-order valence-electron chi connectivity index (χ0n) is 45.6. The van der Waals surface area contributed by atoms with E-state index in [9.17, 15) is 17.6 Å². The van der Waals surface area contributed by atoms with E-state index in [-0.39, 0.29) is 0 Å². The smallest absolute Gasteiger partial charge is 0.212 e. The van der Waals surface area contributed by atoms with Crippen LogP contribution >= 0.6 is 0 Å². The van der Waals surface area contributed by atoms with E-state index in [1.807, 2.05) is 6.07 Å². The predicted octanol–water partition coefficient (Wildman–Crippen LogP) is 17.4. The Balaban J connectivity index is 0.000000188. The van der Waals surface area contributed by atoms with Crippen LogP contribution < -0.4 is 0 Å². The first-order valence-corrected chi connectivity index (χ1v) is 27.8. The molecule has 0 aliphatic heterocycles. The van der Waals surface area contributed by atoms with E-state index in [0.717, 1.165) is 86.5 Å². The van der Waals surface area contributed by atoms with Gasteiger partial charge in [-0.3, -0.25) is 0 Å². The van der Waals surface area contributed by atoms with E-state index < -0.39 is 23.8 Å². The Bertz CT molecular complexity index is 2730. The number of halogens is 4. The number of aromatic nitrogens is 4. The molecule has 0 fully saturated rings. The summed E-state index contributed by atoms with van der Waals surface area (Å²) in [6, 6.07) is 48.1. The fourth-order valence-corrected chi connectivity index (χ4v) is 8.53. The van der Waals surface area contributed by atoms with Gasteiger partial charge in [0.15, 0.2) is 0 Å². The summed E-state index contributed by atoms with van der Waals surface area (Å²) in [5.41, 5.74) is 15.2. The monoisotopic (exact) mass is 1030 g/mol. The lowest BCUT2D eigenvalue weighted by molar-refractivity contribution is 0.581. The Kier molecular flexibility index (Phi) is 28.0. The summed E-state index contributed by atoms with van der Waals surface area (Å²) in [6.45, 7) is 8.81. The Morgan fingerprint density at radius 3 is 0.724 bits per heavy atom. The molecule has 0 aliphatic carbocycles. The van der Waals surface area contributed by atoms with E-state index in [2.05, 4.69) is 145 Å². The van der Waals surface area contributed by atoms with Crippen molar-refractivity contribution in [3.05, 3.63) is 261 Å². The number of benzene rings is 4. The first kappa shape index (κ1) is 60.1. The lowest BCUT2D eigenvalue weighted by Crippen LogP contribution is -1.94. The fourth-order valence-electron chi connectivity index (χ4n) is 8.53. The number of rotatable bonds is 24. The largest absolute Gasteiger partial charge is 0.228 e. The Morgan fingerprint density at radius 2 is 0.461 bits per heavy atom. The summed E-state index contributed by atoms with van der Waals surface area (Å²) in [4.78, 5) is 14.7. The first-order valence-electron chi connectivity index (χ1n) is 27.8. The van der Waals surface area contributed by atoms with Crippen LogP contribution in [-0.2, 0) is 77.0 Å². The van der Waals surface area contributed by atoms with Crippen molar-refractivity contribution in [2.24, 2.45) is 0 Å². The maximum atomic E-state index is 12.8. The molecule has 0 radical (unpaired) electrons. The van der Waals surface area contributed by atoms with Gasteiger partial charge in [-0.1, -0.05) is 188 Å². The molecule has 0 N–H and O–H groups in total. The normalized spacial score (nSPS) is 10.6. The third-order valence-electron chi connectivity index (χ3n) is 13.4. The molecule has 76 heavy (non-hydrogen) atoms. The number of nitrogens with zero attached hydrogens (tertiary/aromatic N) is 4. The van der Waals surface area contributed by atoms with Gasteiger partial charge in [0.1, 0.15) is 0 Å². The molecule has 0 saturated heterocycles. The van der Waals surface area contributed by atoms with Gasteiger partial charge < -0.3 is 0 Å². The van der Waals surface area contributed by atoms with Crippen molar-refractivity contribution in [2.45, 2.75) is 156 Å². The highest BCUT2D eigenvalue weighted by Crippen LogP contribution is 2.16. The minimum atomic E-state index is -0.416. The number of hydrogen-bond acceptors (Lipinski definition) is 4. The van der Waals surface area contributed by atoms with Gasteiger partial charge in [0, 0.05) is 24.8 Å². The van der Waals surface area contributed by atoms with Crippen LogP contribution in [0.2, 0.25) is 0 Å². The van der Waals surface area contributed by atoms with E-state index in [1.54, 1.807) is 43.0 Å². The predicted molar refractivity (Wildman–Crippen MR) is 307 cm³/mol. The Morgan fingerprint density at radius 1 is 0.224 bits per heavy atom. The summed E-state index contributed by atoms with van der Waals surface area (Å²) in [5, 5.41) is 0. The van der Waals surface area contributed by atoms with Crippen LogP contribution in [0.5, 0.6) is 0 Å². The average molecular weight is 1030 g/mol. The lowest BCUT2D eigenvalue weighted by Gasteiger charge is -2.05. The molecule has 4 aromatic carbocycles. The van der Waals surface area contributed by atoms with Gasteiger partial charge in [-0.05, 0) is 181 Å². The van der Waals surface area contributed by atoms with Crippen LogP contribution in [0.15, 0.2) is 170 Å². The molecule has 4 nitrogen and oxygen atoms in total. The van der Waals surface area contributed by atoms with Crippen LogP contribution in [-0.4, -0.2) is 19.9 Å². The van der Waals surface area contributed by atoms with Crippen molar-refractivity contribution in [1.82, 2.24) is 19.9 Å². The quantitative estimate of drug-likeness (QED) is 0.0344. The maximum Gasteiger partial charge on any atom is 0.212 e. The van der Waals surface area contributed by atoms with E-state index in [1.165, 1.54) is 133 Å². The molecule has 0 bridgehead atoms. The highest BCUT2D eigenvalue weighted by Gasteiger charge is 2.03. The maximum absolute atomic E-state index is 12.8. The molecular formula is C68H80F4N4. The lowest BCUT2D eigenvalue weighted by atomic mass is 10.0. The van der Waals surface area contributed by atoms with Crippen LogP contribution in [0.1, 0.15) is 146 Å². The Labute approximate surface area is 452 Å². The topological polar surface area (TPSA) is 51.6 Å². The van der Waals surface area contributed by atoms with Gasteiger partial charge in [-0.25, -0.2) is 19.9 Å². The minimum absolute atomic E-state index is 0.410. The number of aryl methyl sites for hydroxylation is 12. The third-order valence-corrected chi connectivity index (χ3v) is 13.4. The van der Waals surface area contributed by atoms with Gasteiger partial charge in [0.05, 0.1) is 0 Å². The van der Waals surface area contributed by atoms with E-state index in [0.29, 0.717) is 0 Å². The zero-order valence-corrected chi connectivity index (χ0v) is 45.6. The molecule has 8 heteroatoms. The van der Waals surface area contributed by atoms with Crippen molar-refractivity contribution < 1.29 is 17.6 Å². The SMILES string of the molecule is CCCCCCCc1ccc(CCc2ccc(F)nc2)cc1.CCCCc1ccc(CCc2ccc(F)nc2)cc1.CCCc1ccc(CCc2ccc(F)nc2)cc1.CCc1ccc(CCc2ccc(F)nc2)cc1. The molecule has 8 rings (SSSR count). The molecule has 8 aromatic rings. The highest BCUT2D eigenvalue weighted by molar-refractivity contribution is 5.27. The van der Waals surface area contributed by atoms with Crippen LogP contribution in [0.25, 0.3) is 0 Å². The summed E-state index contributed by atoms with van der Waals surface area (Å²) in [7, 11) is 0. The van der Waals surface area contributed by atoms with Gasteiger partial charge in [0.2, 0.25) is 23.8 Å². The second-order valence-corrected chi connectivity index (χ2v) is 19.6. The van der Waals surface area contributed by atoms with Gasteiger partial charge in [-0.2, -0.15) is 17.6 Å². The number of pyridine rings is 4. The second-order valence-electron chi connectivity index (χ2n) is 19.6. The molecule has 0 atom stereocenters. The highest BCUT2D eigenvalue weighted by atomic mass is 19.1. The van der Waals surface area contributed by atoms with Crippen molar-refractivity contribution in [3.8, 4) is 0 Å². The number of hydrogen-bond donors (Lipinski definition) is 0. The molecule has 4 aromatic heterocycles. The summed E-state index contributed by atoms with van der Waals surface area (Å²) < 4.78 is 50.7. The van der Waals surface area contributed by atoms with Crippen LogP contribution in [0, 0.1) is 23.8 Å². The third kappa shape index (κ3) is 24.7. The van der Waals surface area contributed by atoms with Crippen LogP contribution in [0.4, 0.5) is 17.6 Å². The van der Waals surface area contributed by atoms with Crippen molar-refractivity contribution in [1.29, 1.82) is 0 Å². The molecule has 0 amide bonds. The Hall–Kier alpha value is -6.80. The average Bonchev–Trinajstić information content (AvgIpc) is 3.45. The van der Waals surface area contributed by atoms with Crippen molar-refractivity contribution in [2.75, 3.05) is 0 Å². The summed E-state index contributed by atoms with van der Waals surface area (Å²) >= 11 is 0. The molecular weight excluding hydrogens is 949 g/mol. The molecule has 0 spiro atoms. The molecule has 400 valence electrons. The minimum Gasteiger partial charge on any atom is -0.228 e. The molecule has 4 heterocycles. The molecule has 0 aliphatic rings. The van der Waals surface area contributed by atoms with E-state index >= 15 is 0 Å². The van der Waals surface area contributed by atoms with Gasteiger partial charge in [0.25, 0.3) is 0 Å². The van der Waals surface area contributed by atoms with Crippen molar-refractivity contribution in [3.63, 3.8) is 0 Å². The number of unbranched alkanes of at least 4 members (excludes halogenated alkanes) is 5. The summed E-state index contributed by atoms with van der Waals surface area (Å²) in [6.07, 6.45) is 28.9. The molecule has 0 saturated carbocycles. The van der Waals surface area contributed by atoms with E-state index in [4.69, 9.17) is 0 Å². The molecule has 0 unspecified atom stereocenters. The summed E-state index contributed by atoms with van der Waals surface area (Å²) in [5.74, 6) is -1.65. The van der Waals surface area contributed by atoms with Crippen molar-refractivity contribution >= 4 is 0 Å². The standard InChI is InChI=1S/C20H26FN.C17H20FN.C16H18FN.C15H16FN/c1-2-3-4-5-6-7-17-8-10-18(11-9-17)12-13-19-14-15-20(21)22-16-19;1-2-3-4-14-5-7-15(8-6-14)9-10-16-11-12-17(18)19-13-16;1-2-3-13-4-6-14(7-5-13)8-9-15-10-11-16(17)18-12-15;1-2-12-3-5-13(6-4-12)7-8-14-9-10-15(16)17-11-14/h8-11,14-16H,2-7,12-13H2,1H3;5-8,11-13H,2-4,9-10H2,1H3;4-7,10-12H,2-3,8-9H2,1H3;3-6,9-11H,2,7-8H2,1H3. The second kappa shape index (κ2) is 35.5. The fraction of sp³-hybridized carbons (Fsp3) is 0.353. The van der Waals surface area contributed by atoms with Gasteiger partial charge in [-0.15, -0.1) is 0 Å². The first-order chi connectivity index (χ1) is 37.1. The zero-order chi connectivity index (χ0) is 54.0.